The third-order valence-corrected chi connectivity index (χ3v) is 5.44. The number of nitrogens with zero attached hydrogens (tertiary/aromatic N) is 5. The van der Waals surface area contributed by atoms with Crippen LogP contribution < -0.4 is 0 Å². The summed E-state index contributed by atoms with van der Waals surface area (Å²) in [6.07, 6.45) is 4.54. The van der Waals surface area contributed by atoms with Crippen molar-refractivity contribution in [2.45, 2.75) is 24.9 Å². The minimum atomic E-state index is -3.55. The summed E-state index contributed by atoms with van der Waals surface area (Å²) in [5, 5.41) is 8.07. The van der Waals surface area contributed by atoms with E-state index in [2.05, 4.69) is 26.1 Å². The van der Waals surface area contributed by atoms with Crippen LogP contribution in [0.25, 0.3) is 0 Å². The van der Waals surface area contributed by atoms with Crippen LogP contribution in [-0.2, 0) is 30.2 Å². The third kappa shape index (κ3) is 2.79. The average molecular weight is 362 g/mol. The number of hydrogen-bond donors (Lipinski definition) is 0. The maximum atomic E-state index is 12.4. The van der Waals surface area contributed by atoms with Crippen LogP contribution in [0.1, 0.15) is 12.6 Å². The van der Waals surface area contributed by atoms with E-state index in [1.54, 1.807) is 22.6 Å². The average Bonchev–Trinajstić information content (AvgIpc) is 3.00. The van der Waals surface area contributed by atoms with Crippen molar-refractivity contribution in [3.63, 3.8) is 0 Å². The first-order valence-electron chi connectivity index (χ1n) is 6.01. The highest BCUT2D eigenvalue weighted by atomic mass is 79.9. The summed E-state index contributed by atoms with van der Waals surface area (Å²) in [5.74, 6) is 0. The molecule has 110 valence electrons. The molecule has 0 aliphatic heterocycles. The molecular weight excluding hydrogens is 346 g/mol. The zero-order chi connectivity index (χ0) is 14.9. The Balaban J connectivity index is 2.25. The van der Waals surface area contributed by atoms with Crippen LogP contribution in [-0.4, -0.2) is 39.3 Å². The lowest BCUT2D eigenvalue weighted by atomic mass is 10.4. The summed E-state index contributed by atoms with van der Waals surface area (Å²) in [5.41, 5.74) is 0.791. The van der Waals surface area contributed by atoms with Gasteiger partial charge in [-0.2, -0.15) is 14.5 Å². The maximum Gasteiger partial charge on any atom is 0.246 e. The molecule has 2 aromatic rings. The van der Waals surface area contributed by atoms with E-state index in [1.165, 1.54) is 23.7 Å². The molecule has 7 nitrogen and oxygen atoms in total. The molecule has 0 atom stereocenters. The molecule has 0 aliphatic carbocycles. The van der Waals surface area contributed by atoms with Crippen LogP contribution in [0, 0.1) is 0 Å². The molecule has 0 saturated carbocycles. The van der Waals surface area contributed by atoms with Gasteiger partial charge >= 0.3 is 0 Å². The molecule has 0 aromatic carbocycles. The standard InChI is InChI=1S/C11H16BrN5O2S/c1-4-17-7-9(5-14-17)20(18,19)15(2)8-11-10(12)6-13-16(11)3/h5-7H,4,8H2,1-3H3. The second-order valence-corrected chi connectivity index (χ2v) is 7.25. The van der Waals surface area contributed by atoms with Crippen molar-refractivity contribution in [2.24, 2.45) is 7.05 Å². The minimum absolute atomic E-state index is 0.195. The van der Waals surface area contributed by atoms with Crippen molar-refractivity contribution in [2.75, 3.05) is 7.05 Å². The van der Waals surface area contributed by atoms with E-state index in [0.29, 0.717) is 6.54 Å². The second-order valence-electron chi connectivity index (χ2n) is 4.36. The van der Waals surface area contributed by atoms with Crippen molar-refractivity contribution in [1.29, 1.82) is 0 Å². The fourth-order valence-electron chi connectivity index (χ4n) is 1.74. The molecule has 0 saturated heterocycles. The molecule has 0 unspecified atom stereocenters. The van der Waals surface area contributed by atoms with Crippen molar-refractivity contribution in [3.8, 4) is 0 Å². The number of aromatic nitrogens is 4. The normalized spacial score (nSPS) is 12.2. The Labute approximate surface area is 126 Å². The van der Waals surface area contributed by atoms with E-state index >= 15 is 0 Å². The Kier molecular flexibility index (Phi) is 4.31. The molecule has 0 N–H and O–H groups in total. The van der Waals surface area contributed by atoms with Gasteiger partial charge in [0.05, 0.1) is 29.1 Å². The van der Waals surface area contributed by atoms with E-state index in [4.69, 9.17) is 0 Å². The second kappa shape index (κ2) is 5.66. The molecule has 0 radical (unpaired) electrons. The Morgan fingerprint density at radius 1 is 1.35 bits per heavy atom. The summed E-state index contributed by atoms with van der Waals surface area (Å²) < 4.78 is 30.2. The summed E-state index contributed by atoms with van der Waals surface area (Å²) in [4.78, 5) is 0.195. The lowest BCUT2D eigenvalue weighted by molar-refractivity contribution is 0.452. The van der Waals surface area contributed by atoms with Crippen molar-refractivity contribution in [3.05, 3.63) is 28.8 Å². The summed E-state index contributed by atoms with van der Waals surface area (Å²) in [6, 6.07) is 0. The van der Waals surface area contributed by atoms with Gasteiger partial charge < -0.3 is 0 Å². The minimum Gasteiger partial charge on any atom is -0.272 e. The fourth-order valence-corrected chi connectivity index (χ4v) is 3.30. The van der Waals surface area contributed by atoms with E-state index < -0.39 is 10.0 Å². The first kappa shape index (κ1) is 15.2. The molecule has 0 fully saturated rings. The highest BCUT2D eigenvalue weighted by Gasteiger charge is 2.24. The topological polar surface area (TPSA) is 73.0 Å². The number of hydrogen-bond acceptors (Lipinski definition) is 4. The molecular formula is C11H16BrN5O2S. The van der Waals surface area contributed by atoms with Crippen LogP contribution in [0.4, 0.5) is 0 Å². The molecule has 0 spiro atoms. The molecule has 0 amide bonds. The molecule has 2 aromatic heterocycles. The highest BCUT2D eigenvalue weighted by molar-refractivity contribution is 9.10. The number of halogens is 1. The van der Waals surface area contributed by atoms with Gasteiger partial charge in [-0.25, -0.2) is 8.42 Å². The number of rotatable bonds is 5. The van der Waals surface area contributed by atoms with Crippen LogP contribution >= 0.6 is 15.9 Å². The van der Waals surface area contributed by atoms with Crippen LogP contribution in [0.2, 0.25) is 0 Å². The Bertz CT molecular complexity index is 687. The van der Waals surface area contributed by atoms with Gasteiger partial charge in [-0.3, -0.25) is 9.36 Å². The van der Waals surface area contributed by atoms with E-state index in [0.717, 1.165) is 10.2 Å². The Morgan fingerprint density at radius 3 is 2.55 bits per heavy atom. The van der Waals surface area contributed by atoms with Gasteiger partial charge in [0, 0.05) is 26.8 Å². The summed E-state index contributed by atoms with van der Waals surface area (Å²) in [7, 11) is -0.237. The SMILES string of the molecule is CCn1cc(S(=O)(=O)N(C)Cc2c(Br)cnn2C)cn1. The summed E-state index contributed by atoms with van der Waals surface area (Å²) in [6.45, 7) is 2.77. The monoisotopic (exact) mass is 361 g/mol. The predicted octanol–water partition coefficient (Wildman–Crippen LogP) is 1.22. The molecule has 2 rings (SSSR count). The van der Waals surface area contributed by atoms with E-state index in [1.807, 2.05) is 6.92 Å². The fraction of sp³-hybridized carbons (Fsp3) is 0.455. The van der Waals surface area contributed by atoms with Gasteiger partial charge in [0.15, 0.2) is 0 Å². The first-order valence-corrected chi connectivity index (χ1v) is 8.24. The van der Waals surface area contributed by atoms with Gasteiger partial charge in [0.1, 0.15) is 4.90 Å². The highest BCUT2D eigenvalue weighted by Crippen LogP contribution is 2.20. The van der Waals surface area contributed by atoms with Gasteiger partial charge in [-0.1, -0.05) is 0 Å². The molecule has 0 aliphatic rings. The van der Waals surface area contributed by atoms with Crippen LogP contribution in [0.3, 0.4) is 0 Å². The molecule has 9 heteroatoms. The first-order chi connectivity index (χ1) is 9.36. The molecule has 20 heavy (non-hydrogen) atoms. The number of aryl methyl sites for hydroxylation is 2. The zero-order valence-corrected chi connectivity index (χ0v) is 13.9. The van der Waals surface area contributed by atoms with Crippen LogP contribution in [0.5, 0.6) is 0 Å². The van der Waals surface area contributed by atoms with Gasteiger partial charge in [-0.05, 0) is 22.9 Å². The van der Waals surface area contributed by atoms with Crippen molar-refractivity contribution in [1.82, 2.24) is 23.9 Å². The zero-order valence-electron chi connectivity index (χ0n) is 11.5. The quantitative estimate of drug-likeness (QED) is 0.802. The number of sulfonamides is 1. The third-order valence-electron chi connectivity index (χ3n) is 3.02. The Morgan fingerprint density at radius 2 is 2.05 bits per heavy atom. The van der Waals surface area contributed by atoms with E-state index in [-0.39, 0.29) is 11.4 Å². The van der Waals surface area contributed by atoms with E-state index in [9.17, 15) is 8.42 Å². The van der Waals surface area contributed by atoms with Crippen molar-refractivity contribution < 1.29 is 8.42 Å². The maximum absolute atomic E-state index is 12.4. The Hall–Kier alpha value is -1.19. The lowest BCUT2D eigenvalue weighted by Crippen LogP contribution is -2.27. The van der Waals surface area contributed by atoms with Gasteiger partial charge in [0.2, 0.25) is 10.0 Å². The molecule has 0 bridgehead atoms. The van der Waals surface area contributed by atoms with Crippen LogP contribution in [0.15, 0.2) is 28.0 Å². The largest absolute Gasteiger partial charge is 0.272 e. The van der Waals surface area contributed by atoms with Gasteiger partial charge in [-0.15, -0.1) is 0 Å². The predicted molar refractivity (Wildman–Crippen MR) is 77.5 cm³/mol. The molecule has 2 heterocycles. The summed E-state index contributed by atoms with van der Waals surface area (Å²) >= 11 is 3.36. The lowest BCUT2D eigenvalue weighted by Gasteiger charge is -2.16. The smallest absolute Gasteiger partial charge is 0.246 e. The van der Waals surface area contributed by atoms with Crippen molar-refractivity contribution >= 4 is 26.0 Å². The van der Waals surface area contributed by atoms with Gasteiger partial charge in [0.25, 0.3) is 0 Å².